The third-order valence-corrected chi connectivity index (χ3v) is 6.51. The second-order valence-electron chi connectivity index (χ2n) is 8.41. The molecule has 5 aromatic rings. The summed E-state index contributed by atoms with van der Waals surface area (Å²) >= 11 is 0. The molecule has 0 saturated heterocycles. The molecule has 0 bridgehead atoms. The van der Waals surface area contributed by atoms with Gasteiger partial charge in [-0.2, -0.15) is 4.57 Å². The maximum Gasteiger partial charge on any atom is 0.375 e. The van der Waals surface area contributed by atoms with Crippen LogP contribution in [-0.2, 0) is 23.1 Å². The average Bonchev–Trinajstić information content (AvgIpc) is 3.26. The zero-order chi connectivity index (χ0) is 26.1. The van der Waals surface area contributed by atoms with Crippen LogP contribution in [0.15, 0.2) is 125 Å². The molecule has 0 amide bonds. The highest BCUT2D eigenvalue weighted by molar-refractivity contribution is 7.85. The fraction of sp³-hybridized carbons (Fsp3) is 0.100. The lowest BCUT2D eigenvalue weighted by Gasteiger charge is -2.05. The molecule has 0 unspecified atom stereocenters. The first kappa shape index (κ1) is 25.9. The van der Waals surface area contributed by atoms with Gasteiger partial charge in [0, 0.05) is 24.4 Å². The van der Waals surface area contributed by atoms with Crippen LogP contribution in [0.1, 0.15) is 17.0 Å². The van der Waals surface area contributed by atoms with Crippen LogP contribution in [0.4, 0.5) is 5.69 Å². The van der Waals surface area contributed by atoms with Gasteiger partial charge in [0.05, 0.1) is 11.0 Å². The van der Waals surface area contributed by atoms with Crippen LogP contribution in [0.5, 0.6) is 0 Å². The maximum atomic E-state index is 10.4. The lowest BCUT2D eigenvalue weighted by Crippen LogP contribution is -2.36. The predicted octanol–water partition coefficient (Wildman–Crippen LogP) is 5.94. The maximum absolute atomic E-state index is 10.4. The molecule has 0 aliphatic carbocycles. The van der Waals surface area contributed by atoms with Crippen LogP contribution in [0.2, 0.25) is 0 Å². The van der Waals surface area contributed by atoms with E-state index >= 15 is 0 Å². The topological polar surface area (TPSA) is 86.2 Å². The van der Waals surface area contributed by atoms with Gasteiger partial charge >= 0.3 is 5.89 Å². The van der Waals surface area contributed by atoms with Gasteiger partial charge in [0.2, 0.25) is 5.58 Å². The molecule has 4 aromatic carbocycles. The highest BCUT2D eigenvalue weighted by atomic mass is 32.2. The van der Waals surface area contributed by atoms with Crippen LogP contribution in [0, 0.1) is 6.92 Å². The lowest BCUT2D eigenvalue weighted by molar-refractivity contribution is -0.677. The van der Waals surface area contributed by atoms with Crippen molar-refractivity contribution < 1.29 is 22.0 Å². The molecule has 7 heteroatoms. The molecule has 0 spiro atoms. The summed E-state index contributed by atoms with van der Waals surface area (Å²) in [7, 11) is -4.27. The van der Waals surface area contributed by atoms with Crippen molar-refractivity contribution in [2.45, 2.75) is 24.8 Å². The number of benzene rings is 4. The second-order valence-corrected chi connectivity index (χ2v) is 9.79. The molecule has 0 aliphatic heterocycles. The van der Waals surface area contributed by atoms with Crippen molar-refractivity contribution in [3.8, 4) is 0 Å². The second kappa shape index (κ2) is 12.2. The van der Waals surface area contributed by atoms with E-state index in [0.29, 0.717) is 0 Å². The van der Waals surface area contributed by atoms with E-state index in [-0.39, 0.29) is 4.90 Å². The number of oxazole rings is 1. The highest BCUT2D eigenvalue weighted by Gasteiger charge is 2.19. The monoisotopic (exact) mass is 512 g/mol. The molecular formula is C30H28N2O4S. The fourth-order valence-corrected chi connectivity index (χ4v) is 4.21. The van der Waals surface area contributed by atoms with Crippen LogP contribution in [0.3, 0.4) is 0 Å². The van der Waals surface area contributed by atoms with E-state index in [4.69, 9.17) is 4.42 Å². The number of para-hydroxylation sites is 3. The number of nitrogens with zero attached hydrogens (tertiary/aromatic N) is 1. The van der Waals surface area contributed by atoms with Crippen LogP contribution < -0.4 is 9.88 Å². The number of nitrogens with one attached hydrogen (secondary N) is 1. The van der Waals surface area contributed by atoms with Crippen molar-refractivity contribution in [3.63, 3.8) is 0 Å². The minimum absolute atomic E-state index is 0.178. The van der Waals surface area contributed by atoms with E-state index in [1.54, 1.807) is 12.1 Å². The molecule has 0 saturated carbocycles. The molecule has 6 nitrogen and oxygen atoms in total. The number of hydrogen-bond donors (Lipinski definition) is 1. The Morgan fingerprint density at radius 3 is 2.14 bits per heavy atom. The van der Waals surface area contributed by atoms with Crippen molar-refractivity contribution in [1.29, 1.82) is 0 Å². The number of rotatable bonds is 7. The van der Waals surface area contributed by atoms with Gasteiger partial charge in [-0.25, -0.2) is 8.42 Å². The predicted molar refractivity (Wildman–Crippen MR) is 145 cm³/mol. The molecular weight excluding hydrogens is 484 g/mol. The standard InChI is InChI=1S/C23H20N2O.C7H8O3S/c1-3-9-19(10-4-1)16-18-25-21-13-7-8-14-22(21)26-23(25)15-17-24-20-11-5-2-6-12-20;1-6-2-4-7(5-3-6)11(8,9)10/h1-15,17H,16,18H2;2-5H,1H3,(H,8,9,10). The quantitative estimate of drug-likeness (QED) is 0.215. The van der Waals surface area contributed by atoms with Crippen molar-refractivity contribution >= 4 is 33.0 Å². The third kappa shape index (κ3) is 7.39. The van der Waals surface area contributed by atoms with Gasteiger partial charge in [0.1, 0.15) is 10.1 Å². The number of aryl methyl sites for hydroxylation is 3. The van der Waals surface area contributed by atoms with E-state index in [9.17, 15) is 13.0 Å². The van der Waals surface area contributed by atoms with E-state index in [0.717, 1.165) is 41.2 Å². The SMILES string of the molecule is C(=C\c1oc2ccccc2[n+]1CCc1ccccc1)/Nc1ccccc1.Cc1ccc(S(=O)(=O)[O-])cc1. The van der Waals surface area contributed by atoms with E-state index in [1.807, 2.05) is 73.8 Å². The van der Waals surface area contributed by atoms with Gasteiger partial charge in [0.25, 0.3) is 5.52 Å². The molecule has 37 heavy (non-hydrogen) atoms. The Labute approximate surface area is 217 Å². The summed E-state index contributed by atoms with van der Waals surface area (Å²) in [4.78, 5) is -0.178. The first-order valence-electron chi connectivity index (χ1n) is 11.9. The summed E-state index contributed by atoms with van der Waals surface area (Å²) < 4.78 is 39.5. The number of aromatic nitrogens is 1. The number of anilines is 1. The Kier molecular flexibility index (Phi) is 8.51. The number of fused-ring (bicyclic) bond motifs is 1. The van der Waals surface area contributed by atoms with Crippen molar-refractivity contribution in [2.75, 3.05) is 5.32 Å². The first-order valence-corrected chi connectivity index (χ1v) is 13.3. The smallest absolute Gasteiger partial charge is 0.375 e. The lowest BCUT2D eigenvalue weighted by atomic mass is 10.1. The Hall–Kier alpha value is -4.20. The van der Waals surface area contributed by atoms with Crippen molar-refractivity contribution in [3.05, 3.63) is 132 Å². The normalized spacial score (nSPS) is 11.3. The summed E-state index contributed by atoms with van der Waals surface area (Å²) in [6.45, 7) is 2.69. The molecule has 1 heterocycles. The zero-order valence-corrected chi connectivity index (χ0v) is 21.3. The molecule has 0 fully saturated rings. The van der Waals surface area contributed by atoms with Gasteiger partial charge in [-0.3, -0.25) is 0 Å². The molecule has 188 valence electrons. The van der Waals surface area contributed by atoms with E-state index in [2.05, 4.69) is 40.2 Å². The molecule has 0 radical (unpaired) electrons. The minimum atomic E-state index is -4.27. The largest absolute Gasteiger partial charge is 0.744 e. The Morgan fingerprint density at radius 2 is 1.46 bits per heavy atom. The first-order chi connectivity index (χ1) is 17.9. The van der Waals surface area contributed by atoms with E-state index < -0.39 is 10.1 Å². The summed E-state index contributed by atoms with van der Waals surface area (Å²) in [5.41, 5.74) is 5.32. The highest BCUT2D eigenvalue weighted by Crippen LogP contribution is 2.15. The summed E-state index contributed by atoms with van der Waals surface area (Å²) in [6, 6.07) is 34.6. The van der Waals surface area contributed by atoms with Gasteiger partial charge in [0.15, 0.2) is 6.54 Å². The van der Waals surface area contributed by atoms with Crippen LogP contribution in [-0.4, -0.2) is 13.0 Å². The molecule has 0 atom stereocenters. The molecule has 1 aromatic heterocycles. The van der Waals surface area contributed by atoms with Crippen molar-refractivity contribution in [2.24, 2.45) is 0 Å². The Bertz CT molecular complexity index is 1560. The summed E-state index contributed by atoms with van der Waals surface area (Å²) in [6.07, 6.45) is 4.87. The van der Waals surface area contributed by atoms with E-state index in [1.165, 1.54) is 17.7 Å². The zero-order valence-electron chi connectivity index (χ0n) is 20.4. The van der Waals surface area contributed by atoms with Gasteiger partial charge in [-0.15, -0.1) is 0 Å². The van der Waals surface area contributed by atoms with Crippen LogP contribution in [0.25, 0.3) is 17.2 Å². The van der Waals surface area contributed by atoms with Gasteiger partial charge < -0.3 is 14.3 Å². The number of hydrogen-bond acceptors (Lipinski definition) is 5. The molecule has 0 aliphatic rings. The van der Waals surface area contributed by atoms with Gasteiger partial charge in [-0.1, -0.05) is 78.4 Å². The van der Waals surface area contributed by atoms with Crippen molar-refractivity contribution in [1.82, 2.24) is 0 Å². The van der Waals surface area contributed by atoms with Crippen LogP contribution >= 0.6 is 0 Å². The molecule has 5 rings (SSSR count). The minimum Gasteiger partial charge on any atom is -0.744 e. The average molecular weight is 513 g/mol. The Morgan fingerprint density at radius 1 is 0.838 bits per heavy atom. The third-order valence-electron chi connectivity index (χ3n) is 5.66. The Balaban J connectivity index is 0.000000245. The summed E-state index contributed by atoms with van der Waals surface area (Å²) in [5, 5.41) is 3.28. The summed E-state index contributed by atoms with van der Waals surface area (Å²) in [5.74, 6) is 0.838. The fourth-order valence-electron chi connectivity index (χ4n) is 3.74. The molecule has 1 N–H and O–H groups in total. The van der Waals surface area contributed by atoms with Gasteiger partial charge in [-0.05, 0) is 42.8 Å².